The molecule has 2 N–H and O–H groups in total. The van der Waals surface area contributed by atoms with Crippen molar-refractivity contribution in [2.75, 3.05) is 5.73 Å². The van der Waals surface area contributed by atoms with E-state index in [-0.39, 0.29) is 0 Å². The number of nitrogen functional groups attached to an aromatic ring is 1. The van der Waals surface area contributed by atoms with Gasteiger partial charge in [-0.15, -0.1) is 5.10 Å². The van der Waals surface area contributed by atoms with E-state index in [1.807, 2.05) is 0 Å². The van der Waals surface area contributed by atoms with E-state index < -0.39 is 5.82 Å². The van der Waals surface area contributed by atoms with Crippen LogP contribution in [-0.4, -0.2) is 20.2 Å². The topological polar surface area (TPSA) is 69.6 Å². The molecule has 0 fully saturated rings. The maximum absolute atomic E-state index is 13.7. The molecule has 3 rings (SSSR count). The van der Waals surface area contributed by atoms with Crippen LogP contribution in [-0.2, 0) is 0 Å². The minimum absolute atomic E-state index is 0.368. The number of hydrogen-bond donors (Lipinski definition) is 1. The first kappa shape index (κ1) is 14.0. The van der Waals surface area contributed by atoms with E-state index in [0.29, 0.717) is 32.3 Å². The van der Waals surface area contributed by atoms with Gasteiger partial charge in [0.05, 0.1) is 10.2 Å². The zero-order chi connectivity index (χ0) is 15.0. The van der Waals surface area contributed by atoms with Gasteiger partial charge in [0, 0.05) is 22.3 Å². The van der Waals surface area contributed by atoms with Crippen molar-refractivity contribution in [3.63, 3.8) is 0 Å². The lowest BCUT2D eigenvalue weighted by atomic mass is 10.2. The van der Waals surface area contributed by atoms with Crippen molar-refractivity contribution in [2.45, 2.75) is 0 Å². The summed E-state index contributed by atoms with van der Waals surface area (Å²) in [6.07, 6.45) is 0. The lowest BCUT2D eigenvalue weighted by Gasteiger charge is -2.06. The molecule has 5 nitrogen and oxygen atoms in total. The van der Waals surface area contributed by atoms with Gasteiger partial charge < -0.3 is 5.73 Å². The molecule has 0 atom stereocenters. The molecule has 0 spiro atoms. The van der Waals surface area contributed by atoms with E-state index in [4.69, 9.17) is 17.3 Å². The fourth-order valence-corrected chi connectivity index (χ4v) is 2.39. The van der Waals surface area contributed by atoms with Gasteiger partial charge in [0.15, 0.2) is 5.82 Å². The number of anilines is 1. The minimum Gasteiger partial charge on any atom is -0.399 e. The predicted octanol–water partition coefficient (Wildman–Crippen LogP) is 3.47. The first-order valence-corrected chi connectivity index (χ1v) is 7.02. The molecule has 2 aromatic carbocycles. The van der Waals surface area contributed by atoms with Crippen molar-refractivity contribution in [2.24, 2.45) is 0 Å². The molecule has 0 aliphatic rings. The largest absolute Gasteiger partial charge is 0.399 e. The Balaban J connectivity index is 2.14. The van der Waals surface area contributed by atoms with Crippen LogP contribution in [0.15, 0.2) is 40.9 Å². The van der Waals surface area contributed by atoms with E-state index >= 15 is 0 Å². The number of tetrazole rings is 1. The quantitative estimate of drug-likeness (QED) is 0.703. The molecule has 0 amide bonds. The predicted molar refractivity (Wildman–Crippen MR) is 81.7 cm³/mol. The van der Waals surface area contributed by atoms with E-state index in [2.05, 4.69) is 31.5 Å². The second-order valence-corrected chi connectivity index (χ2v) is 5.58. The zero-order valence-electron chi connectivity index (χ0n) is 10.5. The average Bonchev–Trinajstić information content (AvgIpc) is 2.90. The molecule has 0 unspecified atom stereocenters. The lowest BCUT2D eigenvalue weighted by Crippen LogP contribution is -2.01. The summed E-state index contributed by atoms with van der Waals surface area (Å²) in [7, 11) is 0. The van der Waals surface area contributed by atoms with Gasteiger partial charge in [-0.1, -0.05) is 11.6 Å². The highest BCUT2D eigenvalue weighted by Crippen LogP contribution is 2.26. The van der Waals surface area contributed by atoms with Crippen LogP contribution >= 0.6 is 27.5 Å². The van der Waals surface area contributed by atoms with E-state index in [1.165, 1.54) is 10.7 Å². The Morgan fingerprint density at radius 2 is 2.00 bits per heavy atom. The maximum Gasteiger partial charge on any atom is 0.187 e. The summed E-state index contributed by atoms with van der Waals surface area (Å²) in [5, 5.41) is 11.9. The Bertz CT molecular complexity index is 800. The summed E-state index contributed by atoms with van der Waals surface area (Å²) < 4.78 is 15.4. The van der Waals surface area contributed by atoms with E-state index in [1.54, 1.807) is 30.3 Å². The normalized spacial score (nSPS) is 10.8. The summed E-state index contributed by atoms with van der Waals surface area (Å²) in [4.78, 5) is 0. The Kier molecular flexibility index (Phi) is 3.60. The molecule has 1 heterocycles. The van der Waals surface area contributed by atoms with Gasteiger partial charge in [-0.05, 0) is 56.7 Å². The third kappa shape index (κ3) is 2.74. The number of nitrogens with two attached hydrogens (primary N) is 1. The molecule has 0 radical (unpaired) electrons. The second-order valence-electron chi connectivity index (χ2n) is 4.29. The standard InChI is InChI=1S/C13H8BrClFN5/c14-11-2-1-10(6-12(11)16)21-13(18-19-20-21)7-3-8(15)5-9(17)4-7/h1-6H,17H2. The number of aromatic nitrogens is 4. The highest BCUT2D eigenvalue weighted by atomic mass is 79.9. The van der Waals surface area contributed by atoms with Crippen LogP contribution in [0.1, 0.15) is 0 Å². The second kappa shape index (κ2) is 5.42. The van der Waals surface area contributed by atoms with E-state index in [9.17, 15) is 4.39 Å². The minimum atomic E-state index is -0.403. The highest BCUT2D eigenvalue weighted by molar-refractivity contribution is 9.10. The smallest absolute Gasteiger partial charge is 0.187 e. The molecule has 8 heteroatoms. The average molecular weight is 369 g/mol. The van der Waals surface area contributed by atoms with Gasteiger partial charge in [0.25, 0.3) is 0 Å². The zero-order valence-corrected chi connectivity index (χ0v) is 12.8. The van der Waals surface area contributed by atoms with Crippen molar-refractivity contribution < 1.29 is 4.39 Å². The summed E-state index contributed by atoms with van der Waals surface area (Å²) in [5.41, 5.74) is 7.41. The van der Waals surface area contributed by atoms with E-state index in [0.717, 1.165) is 0 Å². The summed E-state index contributed by atoms with van der Waals surface area (Å²) in [6.45, 7) is 0. The Labute approximate surface area is 132 Å². The van der Waals surface area contributed by atoms with Gasteiger partial charge >= 0.3 is 0 Å². The molecule has 0 aliphatic heterocycles. The molecule has 0 aliphatic carbocycles. The third-order valence-electron chi connectivity index (χ3n) is 2.80. The molecule has 0 bridgehead atoms. The van der Waals surface area contributed by atoms with Crippen molar-refractivity contribution >= 4 is 33.2 Å². The highest BCUT2D eigenvalue weighted by Gasteiger charge is 2.13. The van der Waals surface area contributed by atoms with Crippen molar-refractivity contribution in [1.82, 2.24) is 20.2 Å². The summed E-state index contributed by atoms with van der Waals surface area (Å²) >= 11 is 9.09. The molecule has 106 valence electrons. The van der Waals surface area contributed by atoms with Gasteiger partial charge in [0.2, 0.25) is 0 Å². The lowest BCUT2D eigenvalue weighted by molar-refractivity contribution is 0.618. The number of nitrogens with zero attached hydrogens (tertiary/aromatic N) is 4. The molecular weight excluding hydrogens is 361 g/mol. The monoisotopic (exact) mass is 367 g/mol. The molecule has 21 heavy (non-hydrogen) atoms. The van der Waals surface area contributed by atoms with Gasteiger partial charge in [-0.2, -0.15) is 4.68 Å². The van der Waals surface area contributed by atoms with Crippen LogP contribution < -0.4 is 5.73 Å². The molecule has 3 aromatic rings. The molecule has 1 aromatic heterocycles. The Morgan fingerprint density at radius 1 is 1.19 bits per heavy atom. The summed E-state index contributed by atoms with van der Waals surface area (Å²) in [5.74, 6) is 0.0190. The number of hydrogen-bond acceptors (Lipinski definition) is 4. The van der Waals surface area contributed by atoms with Gasteiger partial charge in [-0.3, -0.25) is 0 Å². The summed E-state index contributed by atoms with van der Waals surface area (Å²) in [6, 6.07) is 9.62. The van der Waals surface area contributed by atoms with Crippen LogP contribution in [0.25, 0.3) is 17.1 Å². The van der Waals surface area contributed by atoms with Crippen LogP contribution in [0.3, 0.4) is 0 Å². The van der Waals surface area contributed by atoms with Crippen LogP contribution in [0.4, 0.5) is 10.1 Å². The van der Waals surface area contributed by atoms with Crippen molar-refractivity contribution in [3.05, 3.63) is 51.7 Å². The van der Waals surface area contributed by atoms with Gasteiger partial charge in [-0.25, -0.2) is 4.39 Å². The van der Waals surface area contributed by atoms with Crippen molar-refractivity contribution in [3.8, 4) is 17.1 Å². The first-order valence-electron chi connectivity index (χ1n) is 5.85. The maximum atomic E-state index is 13.7. The Morgan fingerprint density at radius 3 is 2.71 bits per heavy atom. The van der Waals surface area contributed by atoms with Crippen LogP contribution in [0, 0.1) is 5.82 Å². The number of benzene rings is 2. The Hall–Kier alpha value is -1.99. The molecule has 0 saturated carbocycles. The van der Waals surface area contributed by atoms with Gasteiger partial charge in [0.1, 0.15) is 5.82 Å². The first-order chi connectivity index (χ1) is 10.0. The van der Waals surface area contributed by atoms with Crippen LogP contribution in [0.5, 0.6) is 0 Å². The van der Waals surface area contributed by atoms with Crippen molar-refractivity contribution in [1.29, 1.82) is 0 Å². The fraction of sp³-hybridized carbons (Fsp3) is 0. The fourth-order valence-electron chi connectivity index (χ4n) is 1.90. The molecule has 0 saturated heterocycles. The SMILES string of the molecule is Nc1cc(Cl)cc(-c2nnnn2-c2ccc(Br)c(F)c2)c1. The van der Waals surface area contributed by atoms with Crippen LogP contribution in [0.2, 0.25) is 5.02 Å². The number of rotatable bonds is 2. The number of halogens is 3. The third-order valence-corrected chi connectivity index (χ3v) is 3.66. The molecular formula is C13H8BrClFN5.